The average Bonchev–Trinajstić information content (AvgIpc) is 2.97. The number of nitrogens with zero attached hydrogens (tertiary/aromatic N) is 2. The molecule has 0 spiro atoms. The summed E-state index contributed by atoms with van der Waals surface area (Å²) in [6.45, 7) is 0.509. The molecule has 0 amide bonds. The molecule has 3 aromatic rings. The molecule has 0 N–H and O–H groups in total. The van der Waals surface area contributed by atoms with Gasteiger partial charge in [-0.25, -0.2) is 8.42 Å². The maximum absolute atomic E-state index is 12.9. The van der Waals surface area contributed by atoms with Crippen molar-refractivity contribution in [2.45, 2.75) is 18.6 Å². The second kappa shape index (κ2) is 5.38. The number of hydrogen-bond acceptors (Lipinski definition) is 4. The molecule has 1 aromatic heterocycles. The summed E-state index contributed by atoms with van der Waals surface area (Å²) in [5.74, 6) is -0.154. The van der Waals surface area contributed by atoms with Gasteiger partial charge in [-0.15, -0.1) is 0 Å². The molecule has 0 saturated heterocycles. The van der Waals surface area contributed by atoms with Gasteiger partial charge in [0.15, 0.2) is 5.58 Å². The van der Waals surface area contributed by atoms with Crippen LogP contribution < -0.4 is 4.31 Å². The van der Waals surface area contributed by atoms with Gasteiger partial charge in [-0.2, -0.15) is 0 Å². The van der Waals surface area contributed by atoms with Crippen molar-refractivity contribution in [2.24, 2.45) is 0 Å². The molecule has 1 aliphatic heterocycles. The van der Waals surface area contributed by atoms with Crippen LogP contribution in [0.15, 0.2) is 53.1 Å². The van der Waals surface area contributed by atoms with E-state index in [9.17, 15) is 8.42 Å². The number of para-hydroxylation sites is 2. The van der Waals surface area contributed by atoms with Gasteiger partial charge in [0.1, 0.15) is 11.4 Å². The van der Waals surface area contributed by atoms with Crippen LogP contribution in [-0.4, -0.2) is 20.1 Å². The maximum atomic E-state index is 12.9. The van der Waals surface area contributed by atoms with E-state index in [2.05, 4.69) is 5.16 Å². The summed E-state index contributed by atoms with van der Waals surface area (Å²) in [5.41, 5.74) is 2.93. The first-order valence-electron chi connectivity index (χ1n) is 7.57. The summed E-state index contributed by atoms with van der Waals surface area (Å²) in [5, 5.41) is 4.70. The molecule has 6 heteroatoms. The summed E-state index contributed by atoms with van der Waals surface area (Å²) >= 11 is 0. The Bertz CT molecular complexity index is 963. The lowest BCUT2D eigenvalue weighted by Gasteiger charge is -2.30. The number of aromatic nitrogens is 1. The third-order valence-corrected chi connectivity index (χ3v) is 5.86. The first-order chi connectivity index (χ1) is 11.1. The molecular weight excluding hydrogens is 312 g/mol. The Morgan fingerprint density at radius 3 is 2.78 bits per heavy atom. The minimum atomic E-state index is -3.50. The topological polar surface area (TPSA) is 63.4 Å². The smallest absolute Gasteiger partial charge is 0.241 e. The van der Waals surface area contributed by atoms with Crippen molar-refractivity contribution < 1.29 is 12.9 Å². The second-order valence-electron chi connectivity index (χ2n) is 5.69. The van der Waals surface area contributed by atoms with Crippen LogP contribution in [0.1, 0.15) is 17.7 Å². The van der Waals surface area contributed by atoms with Gasteiger partial charge in [0, 0.05) is 11.9 Å². The van der Waals surface area contributed by atoms with Crippen LogP contribution >= 0.6 is 0 Å². The van der Waals surface area contributed by atoms with Gasteiger partial charge in [0.05, 0.1) is 5.69 Å². The number of aryl methyl sites for hydroxylation is 1. The fraction of sp³-hybridized carbons (Fsp3) is 0.235. The van der Waals surface area contributed by atoms with E-state index in [1.54, 1.807) is 6.07 Å². The highest BCUT2D eigenvalue weighted by molar-refractivity contribution is 7.92. The highest BCUT2D eigenvalue weighted by Gasteiger charge is 2.29. The number of fused-ring (bicyclic) bond motifs is 2. The summed E-state index contributed by atoms with van der Waals surface area (Å²) in [6.07, 6.45) is 1.74. The molecule has 2 aromatic carbocycles. The molecule has 0 unspecified atom stereocenters. The molecule has 2 heterocycles. The van der Waals surface area contributed by atoms with Gasteiger partial charge in [0.25, 0.3) is 0 Å². The number of sulfonamides is 1. The van der Waals surface area contributed by atoms with Crippen molar-refractivity contribution in [3.05, 3.63) is 59.8 Å². The van der Waals surface area contributed by atoms with Crippen LogP contribution in [0.5, 0.6) is 0 Å². The highest BCUT2D eigenvalue weighted by atomic mass is 32.2. The predicted molar refractivity (Wildman–Crippen MR) is 88.7 cm³/mol. The Kier molecular flexibility index (Phi) is 3.34. The third kappa shape index (κ3) is 2.49. The molecule has 118 valence electrons. The zero-order valence-corrected chi connectivity index (χ0v) is 13.3. The number of benzene rings is 2. The Labute approximate surface area is 134 Å². The van der Waals surface area contributed by atoms with Crippen LogP contribution in [0.4, 0.5) is 5.69 Å². The molecular formula is C17H16N2O3S. The normalized spacial score (nSPS) is 14.9. The second-order valence-corrected chi connectivity index (χ2v) is 7.58. The van der Waals surface area contributed by atoms with E-state index in [4.69, 9.17) is 4.52 Å². The number of hydrogen-bond donors (Lipinski definition) is 0. The van der Waals surface area contributed by atoms with Gasteiger partial charge < -0.3 is 4.52 Å². The lowest BCUT2D eigenvalue weighted by atomic mass is 10.0. The van der Waals surface area contributed by atoms with E-state index in [1.807, 2.05) is 42.5 Å². The highest BCUT2D eigenvalue weighted by Crippen LogP contribution is 2.31. The van der Waals surface area contributed by atoms with Crippen LogP contribution in [0.3, 0.4) is 0 Å². The van der Waals surface area contributed by atoms with E-state index in [-0.39, 0.29) is 5.75 Å². The van der Waals surface area contributed by atoms with Gasteiger partial charge in [-0.1, -0.05) is 35.5 Å². The Morgan fingerprint density at radius 2 is 1.87 bits per heavy atom. The summed E-state index contributed by atoms with van der Waals surface area (Å²) in [7, 11) is -3.50. The molecule has 0 fully saturated rings. The summed E-state index contributed by atoms with van der Waals surface area (Å²) in [4.78, 5) is 0. The minimum absolute atomic E-state index is 0.154. The molecule has 0 atom stereocenters. The predicted octanol–water partition coefficient (Wildman–Crippen LogP) is 3.11. The van der Waals surface area contributed by atoms with E-state index in [0.29, 0.717) is 17.8 Å². The molecule has 0 bridgehead atoms. The van der Waals surface area contributed by atoms with Crippen molar-refractivity contribution in [1.82, 2.24) is 5.16 Å². The van der Waals surface area contributed by atoms with Gasteiger partial charge in [-0.3, -0.25) is 4.31 Å². The van der Waals surface area contributed by atoms with Gasteiger partial charge >= 0.3 is 0 Å². The fourth-order valence-electron chi connectivity index (χ4n) is 3.08. The van der Waals surface area contributed by atoms with Gasteiger partial charge in [-0.05, 0) is 36.6 Å². The van der Waals surface area contributed by atoms with Crippen LogP contribution in [0.2, 0.25) is 0 Å². The zero-order valence-electron chi connectivity index (χ0n) is 12.5. The molecule has 4 rings (SSSR count). The van der Waals surface area contributed by atoms with Crippen LogP contribution in [-0.2, 0) is 22.2 Å². The number of anilines is 1. The molecule has 0 saturated carbocycles. The quantitative estimate of drug-likeness (QED) is 0.741. The van der Waals surface area contributed by atoms with E-state index < -0.39 is 10.0 Å². The van der Waals surface area contributed by atoms with Crippen LogP contribution in [0.25, 0.3) is 11.0 Å². The van der Waals surface area contributed by atoms with Crippen molar-refractivity contribution >= 4 is 26.7 Å². The lowest BCUT2D eigenvalue weighted by Crippen LogP contribution is -2.36. The fourth-order valence-corrected chi connectivity index (χ4v) is 4.68. The number of rotatable bonds is 3. The molecule has 5 nitrogen and oxygen atoms in total. The summed E-state index contributed by atoms with van der Waals surface area (Å²) < 4.78 is 32.5. The Hall–Kier alpha value is -2.34. The van der Waals surface area contributed by atoms with Gasteiger partial charge in [0.2, 0.25) is 10.0 Å². The minimum Gasteiger partial charge on any atom is -0.356 e. The third-order valence-electron chi connectivity index (χ3n) is 4.17. The first-order valence-corrected chi connectivity index (χ1v) is 9.18. The molecule has 0 radical (unpaired) electrons. The lowest BCUT2D eigenvalue weighted by molar-refractivity contribution is 0.448. The zero-order chi connectivity index (χ0) is 15.9. The maximum Gasteiger partial charge on any atom is 0.241 e. The van der Waals surface area contributed by atoms with Crippen molar-refractivity contribution in [2.75, 3.05) is 10.8 Å². The Morgan fingerprint density at radius 1 is 1.09 bits per heavy atom. The van der Waals surface area contributed by atoms with Crippen molar-refractivity contribution in [1.29, 1.82) is 0 Å². The standard InChI is InChI=1S/C17H16N2O3S/c20-23(21,12-15-14-8-2-4-10-17(14)22-18-15)19-11-5-7-13-6-1-3-9-16(13)19/h1-4,6,8-10H,5,7,11-12H2. The molecule has 0 aliphatic carbocycles. The average molecular weight is 328 g/mol. The largest absolute Gasteiger partial charge is 0.356 e. The SMILES string of the molecule is O=S(=O)(Cc1noc2ccccc12)N1CCCc2ccccc21. The van der Waals surface area contributed by atoms with Crippen molar-refractivity contribution in [3.8, 4) is 0 Å². The van der Waals surface area contributed by atoms with Crippen LogP contribution in [0, 0.1) is 0 Å². The van der Waals surface area contributed by atoms with Crippen molar-refractivity contribution in [3.63, 3.8) is 0 Å². The van der Waals surface area contributed by atoms with E-state index in [0.717, 1.165) is 29.5 Å². The molecule has 1 aliphatic rings. The summed E-state index contributed by atoms with van der Waals surface area (Å²) in [6, 6.07) is 15.0. The first kappa shape index (κ1) is 14.3. The van der Waals surface area contributed by atoms with E-state index in [1.165, 1.54) is 4.31 Å². The molecule has 23 heavy (non-hydrogen) atoms. The Balaban J connectivity index is 1.72. The van der Waals surface area contributed by atoms with E-state index >= 15 is 0 Å². The monoisotopic (exact) mass is 328 g/mol.